The van der Waals surface area contributed by atoms with Crippen LogP contribution in [0.2, 0.25) is 0 Å². The summed E-state index contributed by atoms with van der Waals surface area (Å²) >= 11 is 1.41. The number of hydrogen-bond donors (Lipinski definition) is 1. The third-order valence-electron chi connectivity index (χ3n) is 4.12. The molecule has 1 N–H and O–H groups in total. The Balaban J connectivity index is 1.42. The fourth-order valence-electron chi connectivity index (χ4n) is 2.75. The lowest BCUT2D eigenvalue weighted by Crippen LogP contribution is -2.32. The number of nitrogens with zero attached hydrogens (tertiary/aromatic N) is 3. The first-order valence-electron chi connectivity index (χ1n) is 7.64. The summed E-state index contributed by atoms with van der Waals surface area (Å²) in [7, 11) is 0. The number of ether oxygens (including phenoxy) is 1. The molecule has 1 amide bonds. The van der Waals surface area contributed by atoms with E-state index >= 15 is 0 Å². The van der Waals surface area contributed by atoms with Gasteiger partial charge in [0.15, 0.2) is 0 Å². The van der Waals surface area contributed by atoms with Crippen LogP contribution in [0.1, 0.15) is 40.7 Å². The molecule has 1 fully saturated rings. The summed E-state index contributed by atoms with van der Waals surface area (Å²) < 4.78 is 7.85. The van der Waals surface area contributed by atoms with Gasteiger partial charge < -0.3 is 10.1 Å². The maximum Gasteiger partial charge on any atom is 0.270 e. The smallest absolute Gasteiger partial charge is 0.270 e. The molecule has 0 bridgehead atoms. The lowest BCUT2D eigenvalue weighted by Gasteiger charge is -2.22. The Kier molecular flexibility index (Phi) is 3.67. The van der Waals surface area contributed by atoms with Crippen LogP contribution in [-0.2, 0) is 17.7 Å². The number of fused-ring (bicyclic) bond motifs is 1. The molecule has 2 aliphatic rings. The van der Waals surface area contributed by atoms with Crippen LogP contribution in [0.25, 0.3) is 0 Å². The predicted octanol–water partition coefficient (Wildman–Crippen LogP) is 1.79. The van der Waals surface area contributed by atoms with Crippen LogP contribution < -0.4 is 5.32 Å². The van der Waals surface area contributed by atoms with Crippen LogP contribution in [0, 0.1) is 5.92 Å². The molecule has 6 nitrogen and oxygen atoms in total. The van der Waals surface area contributed by atoms with E-state index in [2.05, 4.69) is 21.6 Å². The van der Waals surface area contributed by atoms with E-state index in [1.54, 1.807) is 10.9 Å². The van der Waals surface area contributed by atoms with Gasteiger partial charge in [-0.25, -0.2) is 4.98 Å². The summed E-state index contributed by atoms with van der Waals surface area (Å²) in [5.41, 5.74) is 4.34. The highest BCUT2D eigenvalue weighted by Gasteiger charge is 2.27. The van der Waals surface area contributed by atoms with Gasteiger partial charge in [0.25, 0.3) is 5.91 Å². The molecule has 0 spiro atoms. The molecule has 0 aromatic carbocycles. The van der Waals surface area contributed by atoms with Crippen LogP contribution >= 0.6 is 11.3 Å². The molecule has 1 atom stereocenters. The number of rotatable bonds is 5. The van der Waals surface area contributed by atoms with Gasteiger partial charge in [-0.2, -0.15) is 5.10 Å². The Bertz CT molecular complexity index is 663. The highest BCUT2D eigenvalue weighted by Crippen LogP contribution is 2.32. The first kappa shape index (κ1) is 13.9. The third-order valence-corrected chi connectivity index (χ3v) is 4.71. The molecule has 3 heterocycles. The molecular weight excluding hydrogens is 300 g/mol. The van der Waals surface area contributed by atoms with E-state index in [1.165, 1.54) is 29.7 Å². The first-order valence-corrected chi connectivity index (χ1v) is 8.58. The van der Waals surface area contributed by atoms with E-state index < -0.39 is 0 Å². The summed E-state index contributed by atoms with van der Waals surface area (Å²) in [4.78, 5) is 16.0. The molecule has 4 rings (SSSR count). The van der Waals surface area contributed by atoms with Crippen molar-refractivity contribution >= 4 is 17.2 Å². The fourth-order valence-corrected chi connectivity index (χ4v) is 3.28. The van der Waals surface area contributed by atoms with Gasteiger partial charge in [-0.3, -0.25) is 9.48 Å². The summed E-state index contributed by atoms with van der Waals surface area (Å²) in [5.74, 6) is 0.638. The molecule has 1 saturated carbocycles. The first-order chi connectivity index (χ1) is 10.8. The summed E-state index contributed by atoms with van der Waals surface area (Å²) in [6.45, 7) is 2.12. The van der Waals surface area contributed by atoms with E-state index in [1.807, 2.05) is 4.68 Å². The average Bonchev–Trinajstić information content (AvgIpc) is 3.03. The number of carbonyl (C=O) groups excluding carboxylic acids is 1. The van der Waals surface area contributed by atoms with Crippen molar-refractivity contribution in [2.24, 2.45) is 5.92 Å². The third kappa shape index (κ3) is 2.91. The second-order valence-electron chi connectivity index (χ2n) is 5.90. The molecule has 0 radical (unpaired) electrons. The monoisotopic (exact) mass is 318 g/mol. The molecule has 2 aromatic heterocycles. The molecule has 2 aromatic rings. The lowest BCUT2D eigenvalue weighted by atomic mass is 10.1. The summed E-state index contributed by atoms with van der Waals surface area (Å²) in [5, 5.41) is 9.31. The van der Waals surface area contributed by atoms with Crippen LogP contribution in [-0.4, -0.2) is 33.8 Å². The molecule has 22 heavy (non-hydrogen) atoms. The van der Waals surface area contributed by atoms with E-state index in [-0.39, 0.29) is 12.0 Å². The number of carbonyl (C=O) groups is 1. The zero-order valence-corrected chi connectivity index (χ0v) is 13.0. The molecule has 7 heteroatoms. The number of nitrogens with one attached hydrogen (secondary N) is 1. The van der Waals surface area contributed by atoms with Crippen LogP contribution in [0.5, 0.6) is 0 Å². The Labute approximate surface area is 132 Å². The normalized spacial score (nSPS) is 20.6. The van der Waals surface area contributed by atoms with Gasteiger partial charge in [0, 0.05) is 24.7 Å². The van der Waals surface area contributed by atoms with Gasteiger partial charge in [-0.1, -0.05) is 0 Å². The highest BCUT2D eigenvalue weighted by atomic mass is 32.1. The molecule has 1 aliphatic heterocycles. The van der Waals surface area contributed by atoms with Crippen molar-refractivity contribution in [3.05, 3.63) is 34.0 Å². The van der Waals surface area contributed by atoms with Gasteiger partial charge in [-0.05, 0) is 30.7 Å². The van der Waals surface area contributed by atoms with Crippen molar-refractivity contribution in [3.63, 3.8) is 0 Å². The standard InChI is InChI=1S/C15H18N4O2S/c20-15(12-8-22-9-17-12)16-5-13-14-11(3-4-21-13)7-19(18-14)6-10-1-2-10/h7-10,13H,1-6H2,(H,16,20). The highest BCUT2D eigenvalue weighted by molar-refractivity contribution is 7.07. The van der Waals surface area contributed by atoms with E-state index in [9.17, 15) is 4.79 Å². The van der Waals surface area contributed by atoms with Gasteiger partial charge in [0.1, 0.15) is 11.8 Å². The largest absolute Gasteiger partial charge is 0.370 e. The maximum absolute atomic E-state index is 12.0. The molecule has 0 saturated heterocycles. The number of thiazole rings is 1. The van der Waals surface area contributed by atoms with Gasteiger partial charge >= 0.3 is 0 Å². The van der Waals surface area contributed by atoms with Crippen molar-refractivity contribution in [3.8, 4) is 0 Å². The predicted molar refractivity (Wildman–Crippen MR) is 81.8 cm³/mol. The van der Waals surface area contributed by atoms with Crippen molar-refractivity contribution in [2.45, 2.75) is 31.9 Å². The molecule has 1 unspecified atom stereocenters. The minimum atomic E-state index is -0.160. The number of amides is 1. The molecular formula is C15H18N4O2S. The number of aromatic nitrogens is 3. The fraction of sp³-hybridized carbons (Fsp3) is 0.533. The minimum absolute atomic E-state index is 0.158. The number of hydrogen-bond acceptors (Lipinski definition) is 5. The van der Waals surface area contributed by atoms with E-state index in [0.717, 1.165) is 24.6 Å². The Morgan fingerprint density at radius 2 is 2.41 bits per heavy atom. The van der Waals surface area contributed by atoms with Crippen molar-refractivity contribution in [1.29, 1.82) is 0 Å². The SMILES string of the molecule is O=C(NCC1OCCc2cn(CC3CC3)nc21)c1cscn1. The second-order valence-corrected chi connectivity index (χ2v) is 6.62. The van der Waals surface area contributed by atoms with Crippen LogP contribution in [0.4, 0.5) is 0 Å². The van der Waals surface area contributed by atoms with E-state index in [0.29, 0.717) is 18.8 Å². The van der Waals surface area contributed by atoms with Gasteiger partial charge in [-0.15, -0.1) is 11.3 Å². The second kappa shape index (κ2) is 5.81. The zero-order valence-electron chi connectivity index (χ0n) is 12.2. The Hall–Kier alpha value is -1.73. The van der Waals surface area contributed by atoms with Crippen molar-refractivity contribution in [2.75, 3.05) is 13.2 Å². The Morgan fingerprint density at radius 1 is 1.50 bits per heavy atom. The molecule has 1 aliphatic carbocycles. The summed E-state index contributed by atoms with van der Waals surface area (Å²) in [6, 6.07) is 0. The van der Waals surface area contributed by atoms with Gasteiger partial charge in [0.05, 0.1) is 17.8 Å². The quantitative estimate of drug-likeness (QED) is 0.912. The topological polar surface area (TPSA) is 69.0 Å². The van der Waals surface area contributed by atoms with Crippen molar-refractivity contribution in [1.82, 2.24) is 20.1 Å². The minimum Gasteiger partial charge on any atom is -0.370 e. The molecule has 116 valence electrons. The Morgan fingerprint density at radius 3 is 3.18 bits per heavy atom. The average molecular weight is 318 g/mol. The van der Waals surface area contributed by atoms with Gasteiger partial charge in [0.2, 0.25) is 0 Å². The zero-order chi connectivity index (χ0) is 14.9. The lowest BCUT2D eigenvalue weighted by molar-refractivity contribution is 0.0382. The van der Waals surface area contributed by atoms with Crippen LogP contribution in [0.15, 0.2) is 17.1 Å². The maximum atomic E-state index is 12.0. The van der Waals surface area contributed by atoms with Crippen molar-refractivity contribution < 1.29 is 9.53 Å². The summed E-state index contributed by atoms with van der Waals surface area (Å²) in [6.07, 6.45) is 5.51. The van der Waals surface area contributed by atoms with Crippen LogP contribution in [0.3, 0.4) is 0 Å². The van der Waals surface area contributed by atoms with E-state index in [4.69, 9.17) is 4.74 Å².